The highest BCUT2D eigenvalue weighted by Crippen LogP contribution is 2.12. The quantitative estimate of drug-likeness (QED) is 0.710. The summed E-state index contributed by atoms with van der Waals surface area (Å²) < 4.78 is 25.5. The summed E-state index contributed by atoms with van der Waals surface area (Å²) in [5.74, 6) is -0.148. The van der Waals surface area contributed by atoms with Crippen LogP contribution in [0.25, 0.3) is 0 Å². The zero-order valence-corrected chi connectivity index (χ0v) is 15.4. The Kier molecular flexibility index (Phi) is 6.58. The molecule has 0 radical (unpaired) electrons. The Morgan fingerprint density at radius 1 is 1.08 bits per heavy atom. The van der Waals surface area contributed by atoms with Gasteiger partial charge in [-0.15, -0.1) is 0 Å². The second-order valence-electron chi connectivity index (χ2n) is 5.93. The Labute approximate surface area is 149 Å². The van der Waals surface area contributed by atoms with Gasteiger partial charge in [0.25, 0.3) is 5.91 Å². The van der Waals surface area contributed by atoms with Crippen LogP contribution in [0.4, 0.5) is 5.69 Å². The van der Waals surface area contributed by atoms with Gasteiger partial charge in [-0.1, -0.05) is 29.8 Å². The van der Waals surface area contributed by atoms with Crippen LogP contribution in [-0.4, -0.2) is 26.6 Å². The van der Waals surface area contributed by atoms with Gasteiger partial charge in [0, 0.05) is 17.8 Å². The molecular formula is C19H24N2O3S. The van der Waals surface area contributed by atoms with E-state index in [1.165, 1.54) is 11.1 Å². The average molecular weight is 360 g/mol. The van der Waals surface area contributed by atoms with Gasteiger partial charge in [-0.25, -0.2) is 8.42 Å². The van der Waals surface area contributed by atoms with Crippen molar-refractivity contribution in [1.29, 1.82) is 0 Å². The van der Waals surface area contributed by atoms with E-state index in [2.05, 4.69) is 35.2 Å². The van der Waals surface area contributed by atoms with Crippen LogP contribution in [0.3, 0.4) is 0 Å². The molecule has 0 fully saturated rings. The zero-order valence-electron chi connectivity index (χ0n) is 14.6. The van der Waals surface area contributed by atoms with E-state index in [1.54, 1.807) is 31.2 Å². The molecule has 0 bridgehead atoms. The van der Waals surface area contributed by atoms with Crippen LogP contribution in [0.1, 0.15) is 34.8 Å². The lowest BCUT2D eigenvalue weighted by atomic mass is 10.1. The zero-order chi connectivity index (χ0) is 18.3. The molecule has 2 rings (SSSR count). The van der Waals surface area contributed by atoms with Crippen molar-refractivity contribution in [3.63, 3.8) is 0 Å². The summed E-state index contributed by atoms with van der Waals surface area (Å²) in [5, 5.41) is 2.89. The maximum atomic E-state index is 12.1. The smallest absolute Gasteiger partial charge is 0.251 e. The third-order valence-corrected chi connectivity index (χ3v) is 5.12. The average Bonchev–Trinajstić information content (AvgIpc) is 2.59. The minimum atomic E-state index is -3.30. The highest BCUT2D eigenvalue weighted by Gasteiger charge is 2.08. The van der Waals surface area contributed by atoms with Crippen molar-refractivity contribution in [2.24, 2.45) is 0 Å². The highest BCUT2D eigenvalue weighted by atomic mass is 32.2. The van der Waals surface area contributed by atoms with Crippen LogP contribution in [-0.2, 0) is 16.4 Å². The molecule has 0 heterocycles. The Morgan fingerprint density at radius 3 is 2.44 bits per heavy atom. The van der Waals surface area contributed by atoms with E-state index in [1.807, 2.05) is 6.07 Å². The molecule has 0 unspecified atom stereocenters. The molecule has 2 aromatic rings. The first-order valence-electron chi connectivity index (χ1n) is 8.34. The van der Waals surface area contributed by atoms with Gasteiger partial charge in [-0.2, -0.15) is 0 Å². The number of carbonyl (C=O) groups excluding carboxylic acids is 1. The minimum absolute atomic E-state index is 0.0101. The van der Waals surface area contributed by atoms with Crippen molar-refractivity contribution in [3.8, 4) is 0 Å². The monoisotopic (exact) mass is 360 g/mol. The second kappa shape index (κ2) is 8.67. The van der Waals surface area contributed by atoms with Crippen LogP contribution in [0.5, 0.6) is 0 Å². The lowest BCUT2D eigenvalue weighted by Gasteiger charge is -2.08. The Morgan fingerprint density at radius 2 is 1.80 bits per heavy atom. The van der Waals surface area contributed by atoms with E-state index in [-0.39, 0.29) is 11.7 Å². The lowest BCUT2D eigenvalue weighted by Crippen LogP contribution is -2.24. The van der Waals surface area contributed by atoms with Gasteiger partial charge >= 0.3 is 0 Å². The van der Waals surface area contributed by atoms with Gasteiger partial charge in [0.2, 0.25) is 10.0 Å². The van der Waals surface area contributed by atoms with Crippen molar-refractivity contribution in [2.45, 2.75) is 26.7 Å². The number of sulfonamides is 1. The van der Waals surface area contributed by atoms with E-state index in [0.717, 1.165) is 12.8 Å². The molecule has 0 aliphatic heterocycles. The van der Waals surface area contributed by atoms with Gasteiger partial charge in [0.05, 0.1) is 5.75 Å². The molecule has 2 aromatic carbocycles. The number of hydrogen-bond acceptors (Lipinski definition) is 3. The maximum Gasteiger partial charge on any atom is 0.251 e. The normalized spacial score (nSPS) is 11.1. The Balaban J connectivity index is 1.80. The number of carbonyl (C=O) groups is 1. The Bertz CT molecular complexity index is 815. The number of nitrogens with one attached hydrogen (secondary N) is 2. The number of benzene rings is 2. The van der Waals surface area contributed by atoms with Crippen LogP contribution in [0, 0.1) is 6.92 Å². The van der Waals surface area contributed by atoms with Crippen LogP contribution < -0.4 is 10.0 Å². The van der Waals surface area contributed by atoms with Gasteiger partial charge in [-0.05, 0) is 56.5 Å². The fourth-order valence-electron chi connectivity index (χ4n) is 2.41. The van der Waals surface area contributed by atoms with E-state index in [9.17, 15) is 13.2 Å². The highest BCUT2D eigenvalue weighted by molar-refractivity contribution is 7.92. The van der Waals surface area contributed by atoms with E-state index < -0.39 is 10.0 Å². The summed E-state index contributed by atoms with van der Waals surface area (Å²) >= 11 is 0. The Hall–Kier alpha value is -2.34. The standard InChI is InChI=1S/C19H24N2O3S/c1-3-25(23,24)21-18-11-9-17(10-12-18)19(22)20-13-5-8-16-7-4-6-15(2)14-16/h4,6-7,9-12,14,21H,3,5,8,13H2,1-2H3,(H,20,22). The second-order valence-corrected chi connectivity index (χ2v) is 7.94. The first-order chi connectivity index (χ1) is 11.9. The molecule has 134 valence electrons. The molecule has 0 aliphatic rings. The van der Waals surface area contributed by atoms with Crippen molar-refractivity contribution >= 4 is 21.6 Å². The first kappa shape index (κ1) is 19.0. The SMILES string of the molecule is CCS(=O)(=O)Nc1ccc(C(=O)NCCCc2cccc(C)c2)cc1. The lowest BCUT2D eigenvalue weighted by molar-refractivity contribution is 0.0953. The molecule has 0 spiro atoms. The summed E-state index contributed by atoms with van der Waals surface area (Å²) in [5.41, 5.74) is 3.47. The molecule has 0 atom stereocenters. The largest absolute Gasteiger partial charge is 0.352 e. The molecule has 6 heteroatoms. The van der Waals surface area contributed by atoms with Crippen molar-refractivity contribution in [1.82, 2.24) is 5.32 Å². The van der Waals surface area contributed by atoms with Gasteiger partial charge in [-0.3, -0.25) is 9.52 Å². The van der Waals surface area contributed by atoms with Gasteiger partial charge < -0.3 is 5.32 Å². The van der Waals surface area contributed by atoms with Crippen molar-refractivity contribution in [2.75, 3.05) is 17.0 Å². The summed E-state index contributed by atoms with van der Waals surface area (Å²) in [6.45, 7) is 4.23. The molecule has 0 saturated carbocycles. The molecule has 1 amide bonds. The molecule has 2 N–H and O–H groups in total. The number of hydrogen-bond donors (Lipinski definition) is 2. The first-order valence-corrected chi connectivity index (χ1v) is 9.99. The summed E-state index contributed by atoms with van der Waals surface area (Å²) in [6.07, 6.45) is 1.78. The summed E-state index contributed by atoms with van der Waals surface area (Å²) in [7, 11) is -3.30. The molecule has 5 nitrogen and oxygen atoms in total. The predicted octanol–water partition coefficient (Wildman–Crippen LogP) is 3.12. The summed E-state index contributed by atoms with van der Waals surface area (Å²) in [4.78, 5) is 12.1. The molecular weight excluding hydrogens is 336 g/mol. The third kappa shape index (κ3) is 6.23. The predicted molar refractivity (Wildman–Crippen MR) is 101 cm³/mol. The molecule has 0 aliphatic carbocycles. The minimum Gasteiger partial charge on any atom is -0.352 e. The summed E-state index contributed by atoms with van der Waals surface area (Å²) in [6, 6.07) is 14.8. The number of anilines is 1. The van der Waals surface area contributed by atoms with Crippen molar-refractivity contribution in [3.05, 3.63) is 65.2 Å². The molecule has 0 saturated heterocycles. The number of amides is 1. The van der Waals surface area contributed by atoms with Gasteiger partial charge in [0.1, 0.15) is 0 Å². The fourth-order valence-corrected chi connectivity index (χ4v) is 3.05. The van der Waals surface area contributed by atoms with E-state index in [0.29, 0.717) is 17.8 Å². The van der Waals surface area contributed by atoms with E-state index >= 15 is 0 Å². The molecule has 25 heavy (non-hydrogen) atoms. The van der Waals surface area contributed by atoms with Crippen LogP contribution >= 0.6 is 0 Å². The van der Waals surface area contributed by atoms with Crippen LogP contribution in [0.15, 0.2) is 48.5 Å². The van der Waals surface area contributed by atoms with Crippen molar-refractivity contribution < 1.29 is 13.2 Å². The number of rotatable bonds is 8. The number of aryl methyl sites for hydroxylation is 2. The van der Waals surface area contributed by atoms with Gasteiger partial charge in [0.15, 0.2) is 0 Å². The fraction of sp³-hybridized carbons (Fsp3) is 0.316. The third-order valence-electron chi connectivity index (χ3n) is 3.81. The molecule has 0 aromatic heterocycles. The maximum absolute atomic E-state index is 12.1. The van der Waals surface area contributed by atoms with E-state index in [4.69, 9.17) is 0 Å². The van der Waals surface area contributed by atoms with Crippen LogP contribution in [0.2, 0.25) is 0 Å². The topological polar surface area (TPSA) is 75.3 Å².